The second-order valence-electron chi connectivity index (χ2n) is 2.29. The van der Waals surface area contributed by atoms with Crippen molar-refractivity contribution < 1.29 is 18.9 Å². The average molecular weight is 153 g/mol. The maximum absolute atomic E-state index is 11.7. The van der Waals surface area contributed by atoms with Gasteiger partial charge in [0, 0.05) is 5.34 Å². The average Bonchev–Trinajstić information content (AvgIpc) is 1.59. The fourth-order valence-corrected chi connectivity index (χ4v) is 0.594. The van der Waals surface area contributed by atoms with Crippen LogP contribution in [0.1, 0.15) is 13.8 Å². The normalized spacial score (nSPS) is 14.2. The van der Waals surface area contributed by atoms with Crippen molar-refractivity contribution in [3.05, 3.63) is 0 Å². The number of halogens is 2. The van der Waals surface area contributed by atoms with Crippen LogP contribution in [0.25, 0.3) is 0 Å². The zero-order valence-electron chi connectivity index (χ0n) is 5.71. The molecule has 0 radical (unpaired) electrons. The second-order valence-corrected chi connectivity index (χ2v) is 2.29. The molecule has 0 saturated heterocycles. The molecule has 10 heavy (non-hydrogen) atoms. The number of carboxylic acid groups (broad SMARTS) is 1. The maximum atomic E-state index is 11.7. The van der Waals surface area contributed by atoms with Crippen molar-refractivity contribution in [2.45, 2.75) is 19.9 Å². The van der Waals surface area contributed by atoms with Crippen molar-refractivity contribution in [1.29, 1.82) is 0 Å². The van der Waals surface area contributed by atoms with E-state index in [2.05, 4.69) is 0 Å². The first kappa shape index (κ1) is 9.29. The van der Waals surface area contributed by atoms with Crippen molar-refractivity contribution >= 4 is 5.97 Å². The van der Waals surface area contributed by atoms with E-state index in [9.17, 15) is 13.8 Å². The number of aliphatic carboxylic acids is 1. The fourth-order valence-electron chi connectivity index (χ4n) is 0.594. The van der Waals surface area contributed by atoms with E-state index in [-0.39, 0.29) is 0 Å². The van der Waals surface area contributed by atoms with Crippen LogP contribution in [-0.4, -0.2) is 22.5 Å². The van der Waals surface area contributed by atoms with Crippen molar-refractivity contribution in [2.24, 2.45) is 5.92 Å². The quantitative estimate of drug-likeness (QED) is 0.618. The first-order valence-corrected chi connectivity index (χ1v) is 2.80. The number of nitrogens with zero attached hydrogens (tertiary/aromatic N) is 1. The van der Waals surface area contributed by atoms with Crippen LogP contribution in [0.2, 0.25) is 0 Å². The minimum atomic E-state index is -1.69. The van der Waals surface area contributed by atoms with Crippen molar-refractivity contribution in [1.82, 2.24) is 5.34 Å². The van der Waals surface area contributed by atoms with Gasteiger partial charge in [-0.25, -0.2) is 0 Å². The number of carboxylic acids is 1. The molecule has 5 heteroatoms. The summed E-state index contributed by atoms with van der Waals surface area (Å²) in [6.07, 6.45) is 0. The van der Waals surface area contributed by atoms with Crippen molar-refractivity contribution in [3.8, 4) is 0 Å². The lowest BCUT2D eigenvalue weighted by Gasteiger charge is -2.14. The molecule has 0 unspecified atom stereocenters. The molecule has 0 aliphatic heterocycles. The van der Waals surface area contributed by atoms with Gasteiger partial charge >= 0.3 is 5.97 Å². The molecule has 0 aromatic heterocycles. The third-order valence-electron chi connectivity index (χ3n) is 1.09. The molecule has 0 aromatic rings. The molecule has 1 atom stereocenters. The summed E-state index contributed by atoms with van der Waals surface area (Å²) in [6, 6.07) is -1.69. The predicted molar refractivity (Wildman–Crippen MR) is 30.3 cm³/mol. The third-order valence-corrected chi connectivity index (χ3v) is 1.09. The number of hydrogen-bond acceptors (Lipinski definition) is 2. The number of rotatable bonds is 3. The molecular weight excluding hydrogens is 144 g/mol. The maximum Gasteiger partial charge on any atom is 0.326 e. The molecule has 0 rings (SSSR count). The molecular formula is C5H9F2NO2. The van der Waals surface area contributed by atoms with Gasteiger partial charge in [0.25, 0.3) is 0 Å². The van der Waals surface area contributed by atoms with Crippen LogP contribution in [0.4, 0.5) is 8.96 Å². The summed E-state index contributed by atoms with van der Waals surface area (Å²) in [5.74, 6) is -2.09. The second kappa shape index (κ2) is 3.46. The Bertz CT molecular complexity index is 119. The summed E-state index contributed by atoms with van der Waals surface area (Å²) in [5, 5.41) is 6.91. The van der Waals surface area contributed by atoms with Crippen LogP contribution < -0.4 is 0 Å². The van der Waals surface area contributed by atoms with Crippen LogP contribution in [-0.2, 0) is 4.79 Å². The van der Waals surface area contributed by atoms with Crippen molar-refractivity contribution in [2.75, 3.05) is 0 Å². The summed E-state index contributed by atoms with van der Waals surface area (Å²) in [5.41, 5.74) is 0. The van der Waals surface area contributed by atoms with Gasteiger partial charge in [-0.2, -0.15) is 0 Å². The van der Waals surface area contributed by atoms with Gasteiger partial charge in [-0.1, -0.05) is 13.8 Å². The van der Waals surface area contributed by atoms with Gasteiger partial charge < -0.3 is 5.11 Å². The summed E-state index contributed by atoms with van der Waals surface area (Å²) in [7, 11) is 0. The minimum Gasteiger partial charge on any atom is -0.480 e. The molecule has 0 saturated carbocycles. The van der Waals surface area contributed by atoms with E-state index in [1.54, 1.807) is 0 Å². The molecule has 0 aromatic carbocycles. The van der Waals surface area contributed by atoms with E-state index in [0.29, 0.717) is 0 Å². The molecule has 0 fully saturated rings. The van der Waals surface area contributed by atoms with Gasteiger partial charge in [-0.3, -0.25) is 4.79 Å². The van der Waals surface area contributed by atoms with Gasteiger partial charge in [0.1, 0.15) is 0 Å². The summed E-state index contributed by atoms with van der Waals surface area (Å²) in [4.78, 5) is 10.1. The fraction of sp³-hybridized carbons (Fsp3) is 0.800. The number of hydrogen-bond donors (Lipinski definition) is 1. The predicted octanol–water partition coefficient (Wildman–Crippen LogP) is 1.17. The zero-order valence-corrected chi connectivity index (χ0v) is 5.71. The van der Waals surface area contributed by atoms with Crippen LogP contribution >= 0.6 is 0 Å². The van der Waals surface area contributed by atoms with E-state index in [1.807, 2.05) is 0 Å². The molecule has 0 spiro atoms. The van der Waals surface area contributed by atoms with Crippen LogP contribution in [0, 0.1) is 5.92 Å². The van der Waals surface area contributed by atoms with Crippen LogP contribution in [0.3, 0.4) is 0 Å². The summed E-state index contributed by atoms with van der Waals surface area (Å²) in [6.45, 7) is 2.84. The largest absolute Gasteiger partial charge is 0.480 e. The molecule has 0 heterocycles. The molecule has 0 bridgehead atoms. The Morgan fingerprint density at radius 3 is 1.90 bits per heavy atom. The monoisotopic (exact) mass is 153 g/mol. The van der Waals surface area contributed by atoms with E-state index in [0.717, 1.165) is 0 Å². The van der Waals surface area contributed by atoms with Gasteiger partial charge in [0.05, 0.1) is 0 Å². The SMILES string of the molecule is CC(C)[C@@H](C(=O)O)N(F)F. The molecule has 0 amide bonds. The first-order valence-electron chi connectivity index (χ1n) is 2.80. The highest BCUT2D eigenvalue weighted by Gasteiger charge is 2.29. The topological polar surface area (TPSA) is 40.5 Å². The van der Waals surface area contributed by atoms with Gasteiger partial charge in [-0.15, -0.1) is 8.96 Å². The highest BCUT2D eigenvalue weighted by atomic mass is 19.4. The molecule has 0 aliphatic carbocycles. The molecule has 3 nitrogen and oxygen atoms in total. The lowest BCUT2D eigenvalue weighted by Crippen LogP contribution is -2.35. The molecule has 0 aliphatic rings. The lowest BCUT2D eigenvalue weighted by molar-refractivity contribution is -0.208. The summed E-state index contributed by atoms with van der Waals surface area (Å²) >= 11 is 0. The Kier molecular flexibility index (Phi) is 3.21. The van der Waals surface area contributed by atoms with E-state index >= 15 is 0 Å². The Balaban J connectivity index is 4.12. The Morgan fingerprint density at radius 1 is 1.50 bits per heavy atom. The minimum absolute atomic E-state index is 0.590. The van der Waals surface area contributed by atoms with E-state index in [1.165, 1.54) is 13.8 Å². The third kappa shape index (κ3) is 2.26. The van der Waals surface area contributed by atoms with Gasteiger partial charge in [0.2, 0.25) is 0 Å². The Morgan fingerprint density at radius 2 is 1.90 bits per heavy atom. The van der Waals surface area contributed by atoms with Crippen LogP contribution in [0.15, 0.2) is 0 Å². The van der Waals surface area contributed by atoms with Gasteiger partial charge in [0.15, 0.2) is 6.04 Å². The van der Waals surface area contributed by atoms with E-state index < -0.39 is 23.3 Å². The molecule has 1 N–H and O–H groups in total. The standard InChI is InChI=1S/C5H9F2NO2/c1-3(2)4(5(9)10)8(6)7/h3-4H,1-2H3,(H,9,10)/t4-/m0/s1. The van der Waals surface area contributed by atoms with E-state index in [4.69, 9.17) is 5.11 Å². The summed E-state index contributed by atoms with van der Waals surface area (Å²) < 4.78 is 23.3. The van der Waals surface area contributed by atoms with Crippen LogP contribution in [0.5, 0.6) is 0 Å². The molecule has 60 valence electrons. The Hall–Kier alpha value is -0.710. The lowest BCUT2D eigenvalue weighted by atomic mass is 10.1. The Labute approximate surface area is 57.1 Å². The van der Waals surface area contributed by atoms with Crippen molar-refractivity contribution in [3.63, 3.8) is 0 Å². The number of carbonyl (C=O) groups is 1. The smallest absolute Gasteiger partial charge is 0.326 e. The highest BCUT2D eigenvalue weighted by Crippen LogP contribution is 2.11. The first-order chi connectivity index (χ1) is 4.46. The zero-order chi connectivity index (χ0) is 8.31. The highest BCUT2D eigenvalue weighted by molar-refractivity contribution is 5.73. The van der Waals surface area contributed by atoms with Gasteiger partial charge in [-0.05, 0) is 5.92 Å².